The van der Waals surface area contributed by atoms with Crippen molar-refractivity contribution in [3.8, 4) is 11.5 Å². The van der Waals surface area contributed by atoms with Crippen molar-refractivity contribution >= 4 is 34.6 Å². The van der Waals surface area contributed by atoms with Gasteiger partial charge in [-0.2, -0.15) is 0 Å². The highest BCUT2D eigenvalue weighted by atomic mass is 32.2. The van der Waals surface area contributed by atoms with Crippen LogP contribution in [-0.2, 0) is 4.79 Å². The van der Waals surface area contributed by atoms with E-state index in [9.17, 15) is 15.0 Å². The van der Waals surface area contributed by atoms with Gasteiger partial charge in [0.25, 0.3) is 5.91 Å². The molecule has 0 bridgehead atoms. The number of hydrogen-bond donors (Lipinski definition) is 2. The molecule has 1 heterocycles. The Morgan fingerprint density at radius 3 is 2.52 bits per heavy atom. The lowest BCUT2D eigenvalue weighted by Crippen LogP contribution is -2.29. The average molecular weight is 352 g/mol. The van der Waals surface area contributed by atoms with E-state index in [1.54, 1.807) is 48.6 Å². The minimum Gasteiger partial charge on any atom is -0.508 e. The van der Waals surface area contributed by atoms with Crippen LogP contribution < -0.4 is 0 Å². The van der Waals surface area contributed by atoms with Gasteiger partial charge < -0.3 is 10.2 Å². The number of carbonyl (C=O) groups excluding carboxylic acids is 1. The number of amides is 1. The van der Waals surface area contributed by atoms with Crippen molar-refractivity contribution in [1.82, 2.24) is 4.90 Å². The van der Waals surface area contributed by atoms with E-state index in [1.807, 2.05) is 6.07 Å². The first-order valence-electron chi connectivity index (χ1n) is 7.56. The molecule has 2 aromatic carbocycles. The van der Waals surface area contributed by atoms with Gasteiger partial charge in [-0.15, -0.1) is 6.58 Å². The molecular formula is C19H16N2O3S. The summed E-state index contributed by atoms with van der Waals surface area (Å²) in [5.41, 5.74) is 1.29. The first-order chi connectivity index (χ1) is 12.1. The zero-order valence-electron chi connectivity index (χ0n) is 13.3. The molecule has 1 aliphatic heterocycles. The van der Waals surface area contributed by atoms with Gasteiger partial charge in [0, 0.05) is 12.6 Å². The van der Waals surface area contributed by atoms with E-state index in [2.05, 4.69) is 11.6 Å². The number of amidine groups is 1. The molecule has 1 aliphatic rings. The van der Waals surface area contributed by atoms with Crippen LogP contribution in [0.5, 0.6) is 11.5 Å². The molecule has 1 saturated heterocycles. The fraction of sp³-hybridized carbons (Fsp3) is 0.0526. The third kappa shape index (κ3) is 3.92. The van der Waals surface area contributed by atoms with Gasteiger partial charge in [-0.3, -0.25) is 9.69 Å². The summed E-state index contributed by atoms with van der Waals surface area (Å²) >= 11 is 1.24. The summed E-state index contributed by atoms with van der Waals surface area (Å²) in [6, 6.07) is 13.2. The highest BCUT2D eigenvalue weighted by Crippen LogP contribution is 2.34. The number of thioether (sulfide) groups is 1. The minimum absolute atomic E-state index is 0.113. The smallest absolute Gasteiger partial charge is 0.267 e. The highest BCUT2D eigenvalue weighted by Gasteiger charge is 2.32. The zero-order valence-corrected chi connectivity index (χ0v) is 14.1. The molecule has 2 N–H and O–H groups in total. The summed E-state index contributed by atoms with van der Waals surface area (Å²) in [6.07, 6.45) is 3.35. The summed E-state index contributed by atoms with van der Waals surface area (Å²) in [7, 11) is 0. The molecule has 0 aromatic heterocycles. The number of phenolic OH excluding ortho intramolecular Hbond substituents is 2. The monoisotopic (exact) mass is 352 g/mol. The van der Waals surface area contributed by atoms with E-state index >= 15 is 0 Å². The Bertz CT molecular complexity index is 890. The van der Waals surface area contributed by atoms with E-state index in [0.29, 0.717) is 22.3 Å². The average Bonchev–Trinajstić information content (AvgIpc) is 2.84. The van der Waals surface area contributed by atoms with Crippen LogP contribution in [0.4, 0.5) is 5.69 Å². The number of carbonyl (C=O) groups is 1. The first kappa shape index (κ1) is 16.9. The van der Waals surface area contributed by atoms with Crippen LogP contribution in [-0.4, -0.2) is 32.7 Å². The standard InChI is InChI=1S/C19H16N2O3S/c1-2-9-21-18(24)17(11-13-5-3-7-15(22)10-13)25-19(21)20-14-6-4-8-16(23)12-14/h2-8,10-12,22-23H,1,9H2/b17-11-,20-19?. The van der Waals surface area contributed by atoms with Crippen LogP contribution in [0.25, 0.3) is 6.08 Å². The van der Waals surface area contributed by atoms with Crippen molar-refractivity contribution in [2.75, 3.05) is 6.54 Å². The van der Waals surface area contributed by atoms with Crippen molar-refractivity contribution in [1.29, 1.82) is 0 Å². The van der Waals surface area contributed by atoms with Crippen molar-refractivity contribution in [2.45, 2.75) is 0 Å². The third-order valence-corrected chi connectivity index (χ3v) is 4.43. The van der Waals surface area contributed by atoms with E-state index in [1.165, 1.54) is 22.7 Å². The molecule has 0 radical (unpaired) electrons. The molecule has 0 atom stereocenters. The van der Waals surface area contributed by atoms with E-state index in [4.69, 9.17) is 0 Å². The first-order valence-corrected chi connectivity index (χ1v) is 8.37. The number of nitrogens with zero attached hydrogens (tertiary/aromatic N) is 2. The fourth-order valence-corrected chi connectivity index (χ4v) is 3.33. The van der Waals surface area contributed by atoms with Gasteiger partial charge in [0.05, 0.1) is 10.6 Å². The Morgan fingerprint density at radius 2 is 1.84 bits per heavy atom. The number of benzene rings is 2. The van der Waals surface area contributed by atoms with Gasteiger partial charge in [-0.05, 0) is 47.7 Å². The molecule has 0 aliphatic carbocycles. The third-order valence-electron chi connectivity index (χ3n) is 3.42. The molecule has 126 valence electrons. The number of aliphatic imine (C=N–C) groups is 1. The summed E-state index contributed by atoms with van der Waals surface area (Å²) in [5, 5.41) is 19.7. The van der Waals surface area contributed by atoms with Crippen LogP contribution in [0, 0.1) is 0 Å². The van der Waals surface area contributed by atoms with E-state index in [0.717, 1.165) is 5.56 Å². The number of rotatable bonds is 4. The van der Waals surface area contributed by atoms with E-state index < -0.39 is 0 Å². The molecule has 1 amide bonds. The molecule has 6 heteroatoms. The van der Waals surface area contributed by atoms with Gasteiger partial charge in [0.2, 0.25) is 0 Å². The van der Waals surface area contributed by atoms with Crippen LogP contribution in [0.2, 0.25) is 0 Å². The summed E-state index contributed by atoms with van der Waals surface area (Å²) in [4.78, 5) is 19.1. The molecule has 2 aromatic rings. The maximum atomic E-state index is 12.6. The molecule has 5 nitrogen and oxygen atoms in total. The fourth-order valence-electron chi connectivity index (χ4n) is 2.32. The van der Waals surface area contributed by atoms with Crippen molar-refractivity contribution in [3.63, 3.8) is 0 Å². The second kappa shape index (κ2) is 7.27. The lowest BCUT2D eigenvalue weighted by Gasteiger charge is -2.12. The number of phenols is 2. The molecule has 3 rings (SSSR count). The van der Waals surface area contributed by atoms with Gasteiger partial charge >= 0.3 is 0 Å². The van der Waals surface area contributed by atoms with E-state index in [-0.39, 0.29) is 17.4 Å². The van der Waals surface area contributed by atoms with Crippen LogP contribution in [0.3, 0.4) is 0 Å². The Balaban J connectivity index is 1.96. The van der Waals surface area contributed by atoms with Gasteiger partial charge in [0.1, 0.15) is 11.5 Å². The topological polar surface area (TPSA) is 73.1 Å². The number of aromatic hydroxyl groups is 2. The summed E-state index contributed by atoms with van der Waals surface area (Å²) < 4.78 is 0. The Labute approximate surface area is 149 Å². The normalized spacial score (nSPS) is 17.4. The highest BCUT2D eigenvalue weighted by molar-refractivity contribution is 8.18. The molecule has 1 fully saturated rings. The predicted molar refractivity (Wildman–Crippen MR) is 101 cm³/mol. The molecule has 25 heavy (non-hydrogen) atoms. The number of hydrogen-bond acceptors (Lipinski definition) is 5. The summed E-state index contributed by atoms with van der Waals surface area (Å²) in [5.74, 6) is 0.0792. The Morgan fingerprint density at radius 1 is 1.12 bits per heavy atom. The largest absolute Gasteiger partial charge is 0.508 e. The SMILES string of the molecule is C=CCN1C(=O)/C(=C/c2cccc(O)c2)SC1=Nc1cccc(O)c1. The van der Waals surface area contributed by atoms with Crippen molar-refractivity contribution in [3.05, 3.63) is 71.7 Å². The van der Waals surface area contributed by atoms with Crippen molar-refractivity contribution < 1.29 is 15.0 Å². The van der Waals surface area contributed by atoms with Gasteiger partial charge in [0.15, 0.2) is 5.17 Å². The molecule has 0 unspecified atom stereocenters. The maximum absolute atomic E-state index is 12.6. The molecule has 0 saturated carbocycles. The quantitative estimate of drug-likeness (QED) is 0.647. The zero-order chi connectivity index (χ0) is 17.8. The predicted octanol–water partition coefficient (Wildman–Crippen LogP) is 3.89. The van der Waals surface area contributed by atoms with Crippen LogP contribution >= 0.6 is 11.8 Å². The Kier molecular flexibility index (Phi) is 4.90. The lowest BCUT2D eigenvalue weighted by atomic mass is 10.2. The molecular weight excluding hydrogens is 336 g/mol. The van der Waals surface area contributed by atoms with Gasteiger partial charge in [-0.25, -0.2) is 4.99 Å². The maximum Gasteiger partial charge on any atom is 0.267 e. The van der Waals surface area contributed by atoms with Gasteiger partial charge in [-0.1, -0.05) is 24.3 Å². The second-order valence-corrected chi connectivity index (χ2v) is 6.33. The molecule has 0 spiro atoms. The van der Waals surface area contributed by atoms with Crippen LogP contribution in [0.1, 0.15) is 5.56 Å². The van der Waals surface area contributed by atoms with Crippen molar-refractivity contribution in [2.24, 2.45) is 4.99 Å². The Hall–Kier alpha value is -2.99. The summed E-state index contributed by atoms with van der Waals surface area (Å²) in [6.45, 7) is 4.02. The van der Waals surface area contributed by atoms with Crippen LogP contribution in [0.15, 0.2) is 71.1 Å². The minimum atomic E-state index is -0.174. The second-order valence-electron chi connectivity index (χ2n) is 5.32. The lowest BCUT2D eigenvalue weighted by molar-refractivity contribution is -0.121.